The van der Waals surface area contributed by atoms with Crippen LogP contribution >= 0.6 is 0 Å². The second kappa shape index (κ2) is 4.21. The van der Waals surface area contributed by atoms with Gasteiger partial charge in [0.2, 0.25) is 0 Å². The minimum absolute atomic E-state index is 0.616. The van der Waals surface area contributed by atoms with Gasteiger partial charge in [-0.15, -0.1) is 0 Å². The number of nitrogens with two attached hydrogens (primary N) is 1. The molecule has 1 rings (SSSR count). The van der Waals surface area contributed by atoms with Crippen LogP contribution in [-0.4, -0.2) is 4.98 Å². The molecule has 1 heterocycles. The maximum atomic E-state index is 5.60. The third kappa shape index (κ3) is 2.31. The molecule has 0 aliphatic rings. The van der Waals surface area contributed by atoms with Crippen LogP contribution in [0.25, 0.3) is 0 Å². The fourth-order valence-corrected chi connectivity index (χ4v) is 1.28. The third-order valence-corrected chi connectivity index (χ3v) is 1.85. The lowest BCUT2D eigenvalue weighted by Crippen LogP contribution is -2.04. The molecule has 1 aromatic heterocycles. The molecule has 0 unspecified atom stereocenters. The Morgan fingerprint density at radius 1 is 1.42 bits per heavy atom. The number of hydrogen-bond acceptors (Lipinski definition) is 2. The van der Waals surface area contributed by atoms with Crippen molar-refractivity contribution in [2.45, 2.75) is 26.8 Å². The first kappa shape index (κ1) is 9.20. The Labute approximate surface area is 73.8 Å². The molecule has 2 N–H and O–H groups in total. The molecular formula is C10H16N2. The summed E-state index contributed by atoms with van der Waals surface area (Å²) in [5, 5.41) is 0. The zero-order chi connectivity index (χ0) is 8.97. The molecule has 0 saturated carbocycles. The van der Waals surface area contributed by atoms with E-state index >= 15 is 0 Å². The van der Waals surface area contributed by atoms with Crippen LogP contribution in [0.4, 0.5) is 0 Å². The van der Waals surface area contributed by atoms with Crippen LogP contribution in [0, 0.1) is 5.92 Å². The van der Waals surface area contributed by atoms with Gasteiger partial charge in [0.05, 0.1) is 0 Å². The van der Waals surface area contributed by atoms with E-state index in [-0.39, 0.29) is 0 Å². The maximum absolute atomic E-state index is 5.60. The molecule has 0 fully saturated rings. The van der Waals surface area contributed by atoms with Gasteiger partial charge < -0.3 is 5.73 Å². The molecule has 12 heavy (non-hydrogen) atoms. The SMILES string of the molecule is CC(C)Cc1cnccc1CN. The van der Waals surface area contributed by atoms with Crippen molar-refractivity contribution in [3.63, 3.8) is 0 Å². The highest BCUT2D eigenvalue weighted by Gasteiger charge is 2.02. The standard InChI is InChI=1S/C10H16N2/c1-8(2)5-10-7-12-4-3-9(10)6-11/h3-4,7-8H,5-6,11H2,1-2H3. The molecule has 0 aromatic carbocycles. The minimum Gasteiger partial charge on any atom is -0.326 e. The molecule has 0 atom stereocenters. The number of pyridine rings is 1. The number of nitrogens with zero attached hydrogens (tertiary/aromatic N) is 1. The highest BCUT2D eigenvalue weighted by molar-refractivity contribution is 5.23. The van der Waals surface area contributed by atoms with E-state index in [2.05, 4.69) is 18.8 Å². The van der Waals surface area contributed by atoms with Crippen molar-refractivity contribution < 1.29 is 0 Å². The van der Waals surface area contributed by atoms with Crippen LogP contribution in [0.1, 0.15) is 25.0 Å². The van der Waals surface area contributed by atoms with Gasteiger partial charge in [-0.2, -0.15) is 0 Å². The largest absolute Gasteiger partial charge is 0.326 e. The summed E-state index contributed by atoms with van der Waals surface area (Å²) >= 11 is 0. The molecule has 2 heteroatoms. The van der Waals surface area contributed by atoms with Crippen LogP contribution in [0.2, 0.25) is 0 Å². The lowest BCUT2D eigenvalue weighted by Gasteiger charge is -2.08. The van der Waals surface area contributed by atoms with E-state index in [1.165, 1.54) is 11.1 Å². The number of aromatic nitrogens is 1. The monoisotopic (exact) mass is 164 g/mol. The summed E-state index contributed by atoms with van der Waals surface area (Å²) in [7, 11) is 0. The van der Waals surface area contributed by atoms with Crippen molar-refractivity contribution in [2.24, 2.45) is 11.7 Å². The average Bonchev–Trinajstić information content (AvgIpc) is 2.04. The molecule has 0 aliphatic carbocycles. The maximum Gasteiger partial charge on any atom is 0.0303 e. The molecular weight excluding hydrogens is 148 g/mol. The zero-order valence-corrected chi connectivity index (χ0v) is 7.75. The van der Waals surface area contributed by atoms with Gasteiger partial charge in [0.1, 0.15) is 0 Å². The van der Waals surface area contributed by atoms with Crippen LogP contribution in [0.3, 0.4) is 0 Å². The lowest BCUT2D eigenvalue weighted by atomic mass is 10.0. The molecule has 0 spiro atoms. The van der Waals surface area contributed by atoms with Gasteiger partial charge in [-0.3, -0.25) is 4.98 Å². The summed E-state index contributed by atoms with van der Waals surface area (Å²) in [6.45, 7) is 5.02. The Morgan fingerprint density at radius 3 is 2.75 bits per heavy atom. The minimum atomic E-state index is 0.616. The van der Waals surface area contributed by atoms with Gasteiger partial charge in [0, 0.05) is 18.9 Å². The van der Waals surface area contributed by atoms with E-state index in [1.54, 1.807) is 6.20 Å². The fraction of sp³-hybridized carbons (Fsp3) is 0.500. The Bertz CT molecular complexity index is 243. The fourth-order valence-electron chi connectivity index (χ4n) is 1.28. The number of rotatable bonds is 3. The van der Waals surface area contributed by atoms with Gasteiger partial charge in [-0.05, 0) is 29.5 Å². The van der Waals surface area contributed by atoms with Gasteiger partial charge in [0.15, 0.2) is 0 Å². The Kier molecular flexibility index (Phi) is 3.23. The van der Waals surface area contributed by atoms with Gasteiger partial charge in [-0.1, -0.05) is 13.8 Å². The normalized spacial score (nSPS) is 10.7. The van der Waals surface area contributed by atoms with Gasteiger partial charge in [-0.25, -0.2) is 0 Å². The molecule has 0 bridgehead atoms. The Balaban J connectivity index is 2.82. The van der Waals surface area contributed by atoms with E-state index in [4.69, 9.17) is 5.73 Å². The predicted molar refractivity (Wildman–Crippen MR) is 50.7 cm³/mol. The second-order valence-electron chi connectivity index (χ2n) is 3.45. The Morgan fingerprint density at radius 2 is 2.17 bits per heavy atom. The lowest BCUT2D eigenvalue weighted by molar-refractivity contribution is 0.641. The van der Waals surface area contributed by atoms with E-state index in [0.717, 1.165) is 6.42 Å². The van der Waals surface area contributed by atoms with Crippen molar-refractivity contribution in [1.82, 2.24) is 4.98 Å². The van der Waals surface area contributed by atoms with Crippen molar-refractivity contribution >= 4 is 0 Å². The Hall–Kier alpha value is -0.890. The van der Waals surface area contributed by atoms with E-state index < -0.39 is 0 Å². The smallest absolute Gasteiger partial charge is 0.0303 e. The second-order valence-corrected chi connectivity index (χ2v) is 3.45. The van der Waals surface area contributed by atoms with Crippen LogP contribution in [-0.2, 0) is 13.0 Å². The first-order valence-electron chi connectivity index (χ1n) is 4.36. The summed E-state index contributed by atoms with van der Waals surface area (Å²) in [4.78, 5) is 4.09. The highest BCUT2D eigenvalue weighted by Crippen LogP contribution is 2.11. The zero-order valence-electron chi connectivity index (χ0n) is 7.75. The first-order valence-corrected chi connectivity index (χ1v) is 4.36. The van der Waals surface area contributed by atoms with Gasteiger partial charge in [0.25, 0.3) is 0 Å². The summed E-state index contributed by atoms with van der Waals surface area (Å²) in [5.74, 6) is 0.666. The third-order valence-electron chi connectivity index (χ3n) is 1.85. The van der Waals surface area contributed by atoms with Crippen molar-refractivity contribution in [3.8, 4) is 0 Å². The van der Waals surface area contributed by atoms with Crippen molar-refractivity contribution in [2.75, 3.05) is 0 Å². The van der Waals surface area contributed by atoms with Crippen LogP contribution < -0.4 is 5.73 Å². The quantitative estimate of drug-likeness (QED) is 0.739. The summed E-state index contributed by atoms with van der Waals surface area (Å²) < 4.78 is 0. The van der Waals surface area contributed by atoms with Crippen molar-refractivity contribution in [3.05, 3.63) is 29.6 Å². The van der Waals surface area contributed by atoms with E-state index in [1.807, 2.05) is 12.3 Å². The van der Waals surface area contributed by atoms with Crippen LogP contribution in [0.5, 0.6) is 0 Å². The summed E-state index contributed by atoms with van der Waals surface area (Å²) in [5.41, 5.74) is 8.11. The summed E-state index contributed by atoms with van der Waals surface area (Å²) in [6, 6.07) is 2.00. The van der Waals surface area contributed by atoms with Gasteiger partial charge >= 0.3 is 0 Å². The number of hydrogen-bond donors (Lipinski definition) is 1. The van der Waals surface area contributed by atoms with Crippen LogP contribution in [0.15, 0.2) is 18.5 Å². The molecule has 0 saturated heterocycles. The first-order chi connectivity index (χ1) is 5.74. The molecule has 0 amide bonds. The topological polar surface area (TPSA) is 38.9 Å². The molecule has 0 radical (unpaired) electrons. The summed E-state index contributed by atoms with van der Waals surface area (Å²) in [6.07, 6.45) is 4.79. The van der Waals surface area contributed by atoms with E-state index in [0.29, 0.717) is 12.5 Å². The molecule has 1 aromatic rings. The van der Waals surface area contributed by atoms with Crippen molar-refractivity contribution in [1.29, 1.82) is 0 Å². The molecule has 2 nitrogen and oxygen atoms in total. The molecule has 66 valence electrons. The van der Waals surface area contributed by atoms with E-state index in [9.17, 15) is 0 Å². The molecule has 0 aliphatic heterocycles. The predicted octanol–water partition coefficient (Wildman–Crippen LogP) is 1.74. The highest BCUT2D eigenvalue weighted by atomic mass is 14.6. The average molecular weight is 164 g/mol.